The lowest BCUT2D eigenvalue weighted by Crippen LogP contribution is -2.30. The van der Waals surface area contributed by atoms with Crippen LogP contribution in [0.15, 0.2) is 199 Å². The van der Waals surface area contributed by atoms with Crippen LogP contribution in [0.3, 0.4) is 0 Å². The zero-order valence-electron chi connectivity index (χ0n) is 33.9. The molecule has 0 spiro atoms. The highest BCUT2D eigenvalue weighted by Gasteiger charge is 2.18. The summed E-state index contributed by atoms with van der Waals surface area (Å²) >= 11 is 7.09. The molecule has 0 aliphatic rings. The summed E-state index contributed by atoms with van der Waals surface area (Å²) in [6, 6.07) is 59.2. The van der Waals surface area contributed by atoms with Crippen LogP contribution in [0, 0.1) is 0 Å². The first kappa shape index (κ1) is 38.7. The van der Waals surface area contributed by atoms with Gasteiger partial charge in [0.2, 0.25) is 0 Å². The van der Waals surface area contributed by atoms with E-state index in [1.54, 1.807) is 17.4 Å². The fourth-order valence-electron chi connectivity index (χ4n) is 9.32. The average Bonchev–Trinajstić information content (AvgIpc) is 4.17. The number of thiophene rings is 2. The zero-order chi connectivity index (χ0) is 42.9. The molecule has 0 bridgehead atoms. The van der Waals surface area contributed by atoms with Gasteiger partial charge in [-0.15, -0.1) is 22.7 Å². The summed E-state index contributed by atoms with van der Waals surface area (Å²) in [7, 11) is -1.42. The predicted octanol–water partition coefficient (Wildman–Crippen LogP) is 13.8. The largest absolute Gasteiger partial charge is 0.489 e. The number of rotatable bonds is 2. The number of imidazole rings is 2. The molecule has 0 radical (unpaired) electrons. The van der Waals surface area contributed by atoms with Crippen molar-refractivity contribution in [2.45, 2.75) is 0 Å². The molecule has 64 heavy (non-hydrogen) atoms. The Labute approximate surface area is 382 Å². The number of benzene rings is 8. The van der Waals surface area contributed by atoms with Crippen LogP contribution < -0.4 is 5.46 Å². The molecule has 10 heteroatoms. The second kappa shape index (κ2) is 15.7. The minimum atomic E-state index is -1.42. The van der Waals surface area contributed by atoms with Crippen LogP contribution in [0.25, 0.3) is 106 Å². The van der Waals surface area contributed by atoms with Crippen molar-refractivity contribution in [1.82, 2.24) is 18.8 Å². The molecule has 0 aliphatic carbocycles. The molecule has 0 unspecified atom stereocenters. The first-order valence-corrected chi connectivity index (χ1v) is 23.3. The molecule has 6 nitrogen and oxygen atoms in total. The van der Waals surface area contributed by atoms with Crippen LogP contribution in [0.2, 0.25) is 0 Å². The van der Waals surface area contributed by atoms with E-state index in [1.165, 1.54) is 79.3 Å². The number of hydrogen-bond acceptors (Lipinski definition) is 6. The molecule has 0 aliphatic heterocycles. The third-order valence-corrected chi connectivity index (χ3v) is 14.9. The Balaban J connectivity index is 0.000000109. The first-order chi connectivity index (χ1) is 31.5. The van der Waals surface area contributed by atoms with Gasteiger partial charge in [0.1, 0.15) is 11.3 Å². The van der Waals surface area contributed by atoms with E-state index in [0.29, 0.717) is 5.46 Å². The van der Waals surface area contributed by atoms with E-state index in [1.807, 2.05) is 66.3 Å². The Morgan fingerprint density at radius 1 is 0.438 bits per heavy atom. The molecule has 14 aromatic rings. The molecule has 0 saturated carbocycles. The Morgan fingerprint density at radius 2 is 0.922 bits per heavy atom. The molecule has 2 N–H and O–H groups in total. The fourth-order valence-corrected chi connectivity index (χ4v) is 11.9. The molecule has 6 heterocycles. The highest BCUT2D eigenvalue weighted by atomic mass is 79.9. The van der Waals surface area contributed by atoms with Crippen molar-refractivity contribution in [3.05, 3.63) is 199 Å². The molecular formula is C54H34BBrN4O2S2. The van der Waals surface area contributed by atoms with Gasteiger partial charge in [-0.2, -0.15) is 0 Å². The van der Waals surface area contributed by atoms with Crippen LogP contribution in [-0.2, 0) is 0 Å². The fraction of sp³-hybridized carbons (Fsp3) is 0. The normalized spacial score (nSPS) is 11.7. The summed E-state index contributed by atoms with van der Waals surface area (Å²) in [5.41, 5.74) is 7.52. The number of pyridine rings is 2. The van der Waals surface area contributed by atoms with Crippen molar-refractivity contribution in [2.24, 2.45) is 0 Å². The van der Waals surface area contributed by atoms with E-state index >= 15 is 0 Å². The maximum Gasteiger partial charge on any atom is 0.489 e. The van der Waals surface area contributed by atoms with Gasteiger partial charge in [0.05, 0.1) is 11.0 Å². The van der Waals surface area contributed by atoms with Gasteiger partial charge in [0.25, 0.3) is 0 Å². The monoisotopic (exact) mass is 924 g/mol. The van der Waals surface area contributed by atoms with E-state index in [2.05, 4.69) is 168 Å². The Hall–Kier alpha value is -6.92. The van der Waals surface area contributed by atoms with Crippen LogP contribution >= 0.6 is 38.6 Å². The quantitative estimate of drug-likeness (QED) is 0.134. The van der Waals surface area contributed by atoms with Crippen LogP contribution in [0.5, 0.6) is 0 Å². The van der Waals surface area contributed by atoms with Gasteiger partial charge in [0.15, 0.2) is 0 Å². The predicted molar refractivity (Wildman–Crippen MR) is 276 cm³/mol. The Kier molecular flexibility index (Phi) is 9.51. The molecule has 0 fully saturated rings. The third kappa shape index (κ3) is 6.37. The second-order valence-corrected chi connectivity index (χ2v) is 18.8. The van der Waals surface area contributed by atoms with Crippen molar-refractivity contribution in [1.29, 1.82) is 0 Å². The van der Waals surface area contributed by atoms with Gasteiger partial charge in [-0.3, -0.25) is 8.80 Å². The zero-order valence-corrected chi connectivity index (χ0v) is 37.1. The van der Waals surface area contributed by atoms with E-state index < -0.39 is 7.12 Å². The van der Waals surface area contributed by atoms with E-state index in [9.17, 15) is 10.0 Å². The van der Waals surface area contributed by atoms with Crippen molar-refractivity contribution in [2.75, 3.05) is 0 Å². The maximum atomic E-state index is 9.36. The first-order valence-electron chi connectivity index (χ1n) is 20.9. The van der Waals surface area contributed by atoms with Gasteiger partial charge in [0, 0.05) is 85.8 Å². The smallest absolute Gasteiger partial charge is 0.423 e. The molecule has 0 atom stereocenters. The van der Waals surface area contributed by atoms with Gasteiger partial charge in [-0.05, 0) is 87.3 Å². The maximum absolute atomic E-state index is 9.36. The highest BCUT2D eigenvalue weighted by Crippen LogP contribution is 2.41. The lowest BCUT2D eigenvalue weighted by Gasteiger charge is -2.11. The van der Waals surface area contributed by atoms with Crippen LogP contribution in [-0.4, -0.2) is 35.9 Å². The standard InChI is InChI=1S/C27H16N2S.C15H9BrN2.C12H9BO2S/c1-2-7-20-19(6-1)22-16-17(12-13-23(22)29-15-14-28-27(20)29)18-9-5-11-25-26(18)21-8-3-4-10-24(21)30-25;16-10-5-6-14-13(9-10)11-3-1-2-4-12(11)15-17-7-8-18(14)15;14-13(15)9-5-3-7-11-12(9)8-4-1-2-6-10(8)16-11/h1-16H;1-9H;1-7,14-15H. The molecular weight excluding hydrogens is 891 g/mol. The number of aromatic nitrogens is 4. The molecule has 0 amide bonds. The van der Waals surface area contributed by atoms with Gasteiger partial charge < -0.3 is 10.0 Å². The summed E-state index contributed by atoms with van der Waals surface area (Å²) in [6.45, 7) is 0. The van der Waals surface area contributed by atoms with Crippen LogP contribution in [0.4, 0.5) is 0 Å². The summed E-state index contributed by atoms with van der Waals surface area (Å²) in [6.07, 6.45) is 7.80. The minimum absolute atomic E-state index is 0.579. The van der Waals surface area contributed by atoms with Crippen molar-refractivity contribution >= 4 is 146 Å². The molecule has 304 valence electrons. The second-order valence-electron chi connectivity index (χ2n) is 15.7. The SMILES string of the molecule is Brc1ccc2c(c1)c1ccccc1c1nccn21.OB(O)c1cccc2sc3ccccc3c12.c1ccc2c(c1)sc1cccc(-c3ccc4c(c3)c3ccccc3c3nccn43)c12. The molecule has 0 saturated heterocycles. The van der Waals surface area contributed by atoms with E-state index in [0.717, 1.165) is 31.2 Å². The highest BCUT2D eigenvalue weighted by molar-refractivity contribution is 9.10. The summed E-state index contributed by atoms with van der Waals surface area (Å²) in [5, 5.41) is 30.8. The topological polar surface area (TPSA) is 75.1 Å². The van der Waals surface area contributed by atoms with Gasteiger partial charge in [-0.25, -0.2) is 9.97 Å². The van der Waals surface area contributed by atoms with Gasteiger partial charge >= 0.3 is 7.12 Å². The van der Waals surface area contributed by atoms with E-state index in [4.69, 9.17) is 0 Å². The average molecular weight is 926 g/mol. The minimum Gasteiger partial charge on any atom is -0.423 e. The van der Waals surface area contributed by atoms with Crippen LogP contribution in [0.1, 0.15) is 0 Å². The number of halogens is 1. The number of nitrogens with zero attached hydrogens (tertiary/aromatic N) is 4. The van der Waals surface area contributed by atoms with Crippen molar-refractivity contribution < 1.29 is 10.0 Å². The lowest BCUT2D eigenvalue weighted by molar-refractivity contribution is 0.426. The molecule has 6 aromatic heterocycles. The van der Waals surface area contributed by atoms with Crippen molar-refractivity contribution in [3.8, 4) is 11.1 Å². The van der Waals surface area contributed by atoms with Crippen molar-refractivity contribution in [3.63, 3.8) is 0 Å². The van der Waals surface area contributed by atoms with Gasteiger partial charge in [-0.1, -0.05) is 131 Å². The summed E-state index contributed by atoms with van der Waals surface area (Å²) in [5.74, 6) is 0. The summed E-state index contributed by atoms with van der Waals surface area (Å²) in [4.78, 5) is 9.08. The molecule has 8 aromatic carbocycles. The summed E-state index contributed by atoms with van der Waals surface area (Å²) < 4.78 is 10.4. The third-order valence-electron chi connectivity index (χ3n) is 12.1. The Bertz CT molecular complexity index is 4120. The number of fused-ring (bicyclic) bond motifs is 18. The Morgan fingerprint density at radius 3 is 1.53 bits per heavy atom. The molecule has 14 rings (SSSR count). The lowest BCUT2D eigenvalue weighted by atomic mass is 9.77. The van der Waals surface area contributed by atoms with E-state index in [-0.39, 0.29) is 0 Å². The number of hydrogen-bond donors (Lipinski definition) is 2.